The van der Waals surface area contributed by atoms with E-state index >= 15 is 0 Å². The number of ether oxygens (including phenoxy) is 1. The molecule has 0 saturated heterocycles. The van der Waals surface area contributed by atoms with Crippen LogP contribution in [0.4, 0.5) is 0 Å². The van der Waals surface area contributed by atoms with Gasteiger partial charge in [-0.3, -0.25) is 0 Å². The van der Waals surface area contributed by atoms with Crippen LogP contribution < -0.4 is 5.73 Å². The third kappa shape index (κ3) is 4.01. The highest BCUT2D eigenvalue weighted by molar-refractivity contribution is 5.02. The van der Waals surface area contributed by atoms with Gasteiger partial charge in [0.1, 0.15) is 0 Å². The summed E-state index contributed by atoms with van der Waals surface area (Å²) in [5.41, 5.74) is 6.87. The second-order valence-corrected chi connectivity index (χ2v) is 4.27. The summed E-state index contributed by atoms with van der Waals surface area (Å²) in [4.78, 5) is 4.08. The maximum absolute atomic E-state index is 5.81. The Balaban J connectivity index is 2.34. The normalized spacial score (nSPS) is 13.4. The summed E-state index contributed by atoms with van der Waals surface area (Å²) in [5, 5.41) is 0. The number of rotatable bonds is 6. The van der Waals surface area contributed by atoms with Gasteiger partial charge in [0.2, 0.25) is 0 Å². The van der Waals surface area contributed by atoms with E-state index in [2.05, 4.69) is 18.8 Å². The molecule has 0 bridgehead atoms. The van der Waals surface area contributed by atoms with E-state index in [1.54, 1.807) is 6.33 Å². The lowest BCUT2D eigenvalue weighted by atomic mass is 10.2. The molecule has 0 aliphatic carbocycles. The van der Waals surface area contributed by atoms with Crippen LogP contribution >= 0.6 is 0 Å². The van der Waals surface area contributed by atoms with Crippen LogP contribution in [0.2, 0.25) is 0 Å². The lowest BCUT2D eigenvalue weighted by Crippen LogP contribution is -2.15. The van der Waals surface area contributed by atoms with Crippen LogP contribution in [0.3, 0.4) is 0 Å². The Morgan fingerprint density at radius 2 is 2.20 bits per heavy atom. The van der Waals surface area contributed by atoms with E-state index in [-0.39, 0.29) is 6.04 Å². The van der Waals surface area contributed by atoms with Crippen LogP contribution in [0.25, 0.3) is 0 Å². The van der Waals surface area contributed by atoms with Gasteiger partial charge in [-0.15, -0.1) is 0 Å². The Morgan fingerprint density at radius 3 is 2.80 bits per heavy atom. The van der Waals surface area contributed by atoms with Gasteiger partial charge in [-0.25, -0.2) is 4.98 Å². The Hall–Kier alpha value is -0.870. The fourth-order valence-electron chi connectivity index (χ4n) is 1.38. The molecule has 0 aromatic carbocycles. The molecule has 0 fully saturated rings. The van der Waals surface area contributed by atoms with E-state index in [1.807, 2.05) is 17.7 Å². The summed E-state index contributed by atoms with van der Waals surface area (Å²) in [6.45, 7) is 8.59. The first kappa shape index (κ1) is 12.2. The molecule has 0 saturated carbocycles. The van der Waals surface area contributed by atoms with Crippen LogP contribution in [-0.2, 0) is 11.3 Å². The number of hydrogen-bond acceptors (Lipinski definition) is 3. The average molecular weight is 211 g/mol. The van der Waals surface area contributed by atoms with Crippen molar-refractivity contribution in [2.24, 2.45) is 11.7 Å². The molecule has 0 aliphatic heterocycles. The first-order valence-corrected chi connectivity index (χ1v) is 5.44. The second-order valence-electron chi connectivity index (χ2n) is 4.27. The zero-order valence-electron chi connectivity index (χ0n) is 9.81. The molecule has 1 rings (SSSR count). The fourth-order valence-corrected chi connectivity index (χ4v) is 1.38. The molecular weight excluding hydrogens is 190 g/mol. The molecule has 1 aromatic rings. The second kappa shape index (κ2) is 5.88. The molecule has 86 valence electrons. The smallest absolute Gasteiger partial charge is 0.0949 e. The molecule has 1 heterocycles. The van der Waals surface area contributed by atoms with Gasteiger partial charge in [-0.1, -0.05) is 13.8 Å². The fraction of sp³-hybridized carbons (Fsp3) is 0.727. The average Bonchev–Trinajstić information content (AvgIpc) is 2.60. The van der Waals surface area contributed by atoms with Crippen LogP contribution in [0.1, 0.15) is 32.5 Å². The number of nitrogens with two attached hydrogens (primary N) is 1. The molecule has 0 radical (unpaired) electrons. The van der Waals surface area contributed by atoms with Gasteiger partial charge < -0.3 is 15.0 Å². The van der Waals surface area contributed by atoms with Crippen LogP contribution in [0.15, 0.2) is 12.5 Å². The Kier molecular flexibility index (Phi) is 4.78. The van der Waals surface area contributed by atoms with E-state index < -0.39 is 0 Å². The third-order valence-electron chi connectivity index (χ3n) is 2.14. The van der Waals surface area contributed by atoms with Gasteiger partial charge in [0.15, 0.2) is 0 Å². The van der Waals surface area contributed by atoms with Crippen molar-refractivity contribution < 1.29 is 4.74 Å². The highest BCUT2D eigenvalue weighted by Gasteiger charge is 2.05. The number of aromatic nitrogens is 2. The van der Waals surface area contributed by atoms with Crippen molar-refractivity contribution in [1.82, 2.24) is 9.55 Å². The largest absolute Gasteiger partial charge is 0.379 e. The minimum Gasteiger partial charge on any atom is -0.379 e. The van der Waals surface area contributed by atoms with Crippen molar-refractivity contribution in [3.8, 4) is 0 Å². The molecular formula is C11H21N3O. The maximum Gasteiger partial charge on any atom is 0.0949 e. The summed E-state index contributed by atoms with van der Waals surface area (Å²) in [5.74, 6) is 0.584. The summed E-state index contributed by atoms with van der Waals surface area (Å²) < 4.78 is 7.56. The summed E-state index contributed by atoms with van der Waals surface area (Å²) in [7, 11) is 0. The monoisotopic (exact) mass is 211 g/mol. The number of hydrogen-bond donors (Lipinski definition) is 1. The molecule has 0 aliphatic rings. The first-order valence-electron chi connectivity index (χ1n) is 5.44. The van der Waals surface area contributed by atoms with E-state index in [4.69, 9.17) is 10.5 Å². The van der Waals surface area contributed by atoms with Gasteiger partial charge >= 0.3 is 0 Å². The van der Waals surface area contributed by atoms with Crippen molar-refractivity contribution in [3.63, 3.8) is 0 Å². The van der Waals surface area contributed by atoms with Gasteiger partial charge in [0.25, 0.3) is 0 Å². The van der Waals surface area contributed by atoms with Crippen molar-refractivity contribution in [2.45, 2.75) is 33.4 Å². The van der Waals surface area contributed by atoms with Crippen LogP contribution in [-0.4, -0.2) is 22.8 Å². The first-order chi connectivity index (χ1) is 7.11. The molecule has 2 N–H and O–H groups in total. The molecule has 4 nitrogen and oxygen atoms in total. The SMILES string of the molecule is CC(C)COCCn1cncc1[C@@H](C)N. The molecule has 15 heavy (non-hydrogen) atoms. The predicted octanol–water partition coefficient (Wildman–Crippen LogP) is 1.58. The molecule has 1 atom stereocenters. The van der Waals surface area contributed by atoms with Crippen molar-refractivity contribution in [2.75, 3.05) is 13.2 Å². The van der Waals surface area contributed by atoms with Gasteiger partial charge in [-0.2, -0.15) is 0 Å². The zero-order chi connectivity index (χ0) is 11.3. The summed E-state index contributed by atoms with van der Waals surface area (Å²) >= 11 is 0. The minimum absolute atomic E-state index is 0.0256. The lowest BCUT2D eigenvalue weighted by Gasteiger charge is -2.11. The summed E-state index contributed by atoms with van der Waals surface area (Å²) in [6, 6.07) is 0.0256. The third-order valence-corrected chi connectivity index (χ3v) is 2.14. The number of imidazole rings is 1. The van der Waals surface area contributed by atoms with E-state index in [0.29, 0.717) is 12.5 Å². The predicted molar refractivity (Wildman–Crippen MR) is 60.5 cm³/mol. The van der Waals surface area contributed by atoms with Crippen LogP contribution in [0.5, 0.6) is 0 Å². The Morgan fingerprint density at radius 1 is 1.47 bits per heavy atom. The van der Waals surface area contributed by atoms with E-state index in [0.717, 1.165) is 18.8 Å². The quantitative estimate of drug-likeness (QED) is 0.727. The van der Waals surface area contributed by atoms with Gasteiger partial charge in [0, 0.05) is 25.4 Å². The van der Waals surface area contributed by atoms with E-state index in [9.17, 15) is 0 Å². The molecule has 0 unspecified atom stereocenters. The summed E-state index contributed by atoms with van der Waals surface area (Å²) in [6.07, 6.45) is 3.62. The van der Waals surface area contributed by atoms with Crippen molar-refractivity contribution in [3.05, 3.63) is 18.2 Å². The topological polar surface area (TPSA) is 53.1 Å². The van der Waals surface area contributed by atoms with Crippen molar-refractivity contribution >= 4 is 0 Å². The molecule has 4 heteroatoms. The highest BCUT2D eigenvalue weighted by Crippen LogP contribution is 2.08. The van der Waals surface area contributed by atoms with Crippen molar-refractivity contribution in [1.29, 1.82) is 0 Å². The molecule has 1 aromatic heterocycles. The zero-order valence-corrected chi connectivity index (χ0v) is 9.81. The van der Waals surface area contributed by atoms with E-state index in [1.165, 1.54) is 0 Å². The Labute approximate surface area is 91.4 Å². The van der Waals surface area contributed by atoms with Crippen LogP contribution in [0, 0.1) is 5.92 Å². The lowest BCUT2D eigenvalue weighted by molar-refractivity contribution is 0.102. The molecule has 0 spiro atoms. The standard InChI is InChI=1S/C11H21N3O/c1-9(2)7-15-5-4-14-8-13-6-11(14)10(3)12/h6,8-10H,4-5,7,12H2,1-3H3/t10-/m1/s1. The molecule has 0 amide bonds. The Bertz CT molecular complexity index is 281. The highest BCUT2D eigenvalue weighted by atomic mass is 16.5. The van der Waals surface area contributed by atoms with Gasteiger partial charge in [0.05, 0.1) is 18.6 Å². The minimum atomic E-state index is 0.0256. The maximum atomic E-state index is 5.81. The van der Waals surface area contributed by atoms with Gasteiger partial charge in [-0.05, 0) is 12.8 Å². The number of nitrogens with zero attached hydrogens (tertiary/aromatic N) is 2.